The van der Waals surface area contributed by atoms with Crippen LogP contribution in [0.5, 0.6) is 0 Å². The number of nitrogens with zero attached hydrogens (tertiary/aromatic N) is 6. The second-order valence-corrected chi connectivity index (χ2v) is 8.83. The summed E-state index contributed by atoms with van der Waals surface area (Å²) in [5.74, 6) is 1.68. The molecule has 0 amide bonds. The number of hydrogen-bond donors (Lipinski definition) is 1. The van der Waals surface area contributed by atoms with Gasteiger partial charge < -0.3 is 14.6 Å². The molecular weight excluding hydrogens is 422 g/mol. The number of morpholine rings is 1. The van der Waals surface area contributed by atoms with Crippen molar-refractivity contribution in [1.29, 1.82) is 0 Å². The largest absolute Gasteiger partial charge is 0.377 e. The Balaban J connectivity index is 1.63. The molecule has 1 aliphatic heterocycles. The number of nitrogens with one attached hydrogen (secondary N) is 1. The van der Waals surface area contributed by atoms with Crippen LogP contribution in [0, 0.1) is 0 Å². The number of H-pyrrole nitrogens is 1. The fourth-order valence-corrected chi connectivity index (χ4v) is 5.41. The normalized spacial score (nSPS) is 16.9. The highest BCUT2D eigenvalue weighted by molar-refractivity contribution is 7.18. The Labute approximate surface area is 188 Å². The van der Waals surface area contributed by atoms with Gasteiger partial charge in [0.05, 0.1) is 35.2 Å². The number of fused-ring (bicyclic) bond motifs is 2. The van der Waals surface area contributed by atoms with Crippen LogP contribution in [0.2, 0.25) is 0 Å². The number of pyridine rings is 1. The van der Waals surface area contributed by atoms with Gasteiger partial charge in [-0.05, 0) is 32.0 Å². The summed E-state index contributed by atoms with van der Waals surface area (Å²) < 4.78 is 8.81. The lowest BCUT2D eigenvalue weighted by Crippen LogP contribution is -2.44. The van der Waals surface area contributed by atoms with Gasteiger partial charge in [-0.3, -0.25) is 4.68 Å². The lowest BCUT2D eigenvalue weighted by atomic mass is 10.1. The summed E-state index contributed by atoms with van der Waals surface area (Å²) >= 11 is 1.70. The molecule has 1 N–H and O–H groups in total. The molecule has 0 spiro atoms. The Hall–Kier alpha value is -3.30. The molecule has 32 heavy (non-hydrogen) atoms. The zero-order chi connectivity index (χ0) is 21.7. The molecule has 6 heterocycles. The first kappa shape index (κ1) is 19.4. The average molecular weight is 446 g/mol. The molecule has 5 aromatic rings. The molecule has 0 bridgehead atoms. The Morgan fingerprint density at radius 3 is 3.00 bits per heavy atom. The van der Waals surface area contributed by atoms with Crippen molar-refractivity contribution in [2.75, 3.05) is 24.7 Å². The zero-order valence-corrected chi connectivity index (χ0v) is 18.8. The van der Waals surface area contributed by atoms with Crippen LogP contribution in [0.15, 0.2) is 42.2 Å². The maximum Gasteiger partial charge on any atom is 0.163 e. The summed E-state index contributed by atoms with van der Waals surface area (Å²) in [5, 5.41) is 7.67. The number of aromatic amines is 1. The Morgan fingerprint density at radius 1 is 1.19 bits per heavy atom. The number of anilines is 1. The standard InChI is InChI=1S/C23H23N7OS/c1-3-30-18(6-9-26-30)17-13-32-20-19(17)27-22(16-5-8-25-21-15(16)4-7-24-21)28-23(20)29-10-11-31-12-14(29)2/h4-9,13-14H,3,10-12H2,1-2H3,(H,24,25). The van der Waals surface area contributed by atoms with Crippen LogP contribution in [0.25, 0.3) is 43.9 Å². The molecule has 1 fully saturated rings. The molecule has 5 aromatic heterocycles. The monoisotopic (exact) mass is 445 g/mol. The van der Waals surface area contributed by atoms with Crippen LogP contribution >= 0.6 is 11.3 Å². The highest BCUT2D eigenvalue weighted by atomic mass is 32.1. The van der Waals surface area contributed by atoms with Crippen LogP contribution < -0.4 is 4.90 Å². The van der Waals surface area contributed by atoms with Gasteiger partial charge in [0, 0.05) is 53.6 Å². The summed E-state index contributed by atoms with van der Waals surface area (Å²) in [6.45, 7) is 7.29. The van der Waals surface area contributed by atoms with Gasteiger partial charge in [-0.1, -0.05) is 0 Å². The first-order valence-electron chi connectivity index (χ1n) is 10.8. The number of thiophene rings is 1. The van der Waals surface area contributed by atoms with Crippen molar-refractivity contribution < 1.29 is 4.74 Å². The molecule has 0 saturated carbocycles. The van der Waals surface area contributed by atoms with E-state index in [1.165, 1.54) is 0 Å². The molecule has 1 saturated heterocycles. The van der Waals surface area contributed by atoms with E-state index < -0.39 is 0 Å². The van der Waals surface area contributed by atoms with Crippen molar-refractivity contribution in [3.8, 4) is 22.6 Å². The van der Waals surface area contributed by atoms with E-state index in [4.69, 9.17) is 14.7 Å². The van der Waals surface area contributed by atoms with Crippen LogP contribution in [-0.4, -0.2) is 55.5 Å². The molecule has 0 aliphatic carbocycles. The molecule has 6 rings (SSSR count). The van der Waals surface area contributed by atoms with Crippen LogP contribution in [0.1, 0.15) is 13.8 Å². The first-order valence-corrected chi connectivity index (χ1v) is 11.7. The Morgan fingerprint density at radius 2 is 2.12 bits per heavy atom. The van der Waals surface area contributed by atoms with Crippen molar-refractivity contribution in [2.24, 2.45) is 0 Å². The van der Waals surface area contributed by atoms with E-state index in [0.29, 0.717) is 19.0 Å². The molecule has 1 aliphatic rings. The minimum absolute atomic E-state index is 0.242. The predicted molar refractivity (Wildman–Crippen MR) is 127 cm³/mol. The fourth-order valence-electron chi connectivity index (χ4n) is 4.41. The van der Waals surface area contributed by atoms with Gasteiger partial charge in [0.15, 0.2) is 11.6 Å². The zero-order valence-electron chi connectivity index (χ0n) is 17.9. The predicted octanol–water partition coefficient (Wildman–Crippen LogP) is 4.34. The van der Waals surface area contributed by atoms with Gasteiger partial charge >= 0.3 is 0 Å². The SMILES string of the molecule is CCn1nccc1-c1csc2c(N3CCOCC3C)nc(-c3ccnc4[nH]ccc34)nc12. The highest BCUT2D eigenvalue weighted by Crippen LogP contribution is 2.40. The number of aryl methyl sites for hydroxylation is 1. The van der Waals surface area contributed by atoms with Gasteiger partial charge in [0.1, 0.15) is 5.65 Å². The lowest BCUT2D eigenvalue weighted by Gasteiger charge is -2.34. The molecule has 9 heteroatoms. The average Bonchev–Trinajstić information content (AvgIpc) is 3.56. The van der Waals surface area contributed by atoms with Crippen molar-refractivity contribution in [3.63, 3.8) is 0 Å². The third kappa shape index (κ3) is 3.00. The molecular formula is C23H23N7OS. The van der Waals surface area contributed by atoms with E-state index in [0.717, 1.165) is 57.0 Å². The molecule has 0 aromatic carbocycles. The Kier molecular flexibility index (Phi) is 4.65. The van der Waals surface area contributed by atoms with E-state index in [1.54, 1.807) is 17.5 Å². The first-order chi connectivity index (χ1) is 15.7. The Bertz CT molecular complexity index is 1420. The smallest absolute Gasteiger partial charge is 0.163 e. The maximum absolute atomic E-state index is 5.70. The van der Waals surface area contributed by atoms with E-state index >= 15 is 0 Å². The van der Waals surface area contributed by atoms with Crippen LogP contribution in [0.3, 0.4) is 0 Å². The second kappa shape index (κ2) is 7.68. The number of rotatable bonds is 4. The summed E-state index contributed by atoms with van der Waals surface area (Å²) in [6.07, 6.45) is 5.56. The quantitative estimate of drug-likeness (QED) is 0.443. The summed E-state index contributed by atoms with van der Waals surface area (Å²) in [5.41, 5.74) is 4.94. The third-order valence-electron chi connectivity index (χ3n) is 6.03. The number of aromatic nitrogens is 6. The molecule has 1 unspecified atom stereocenters. The van der Waals surface area contributed by atoms with Crippen LogP contribution in [0.4, 0.5) is 5.82 Å². The van der Waals surface area contributed by atoms with Gasteiger partial charge in [-0.15, -0.1) is 11.3 Å². The highest BCUT2D eigenvalue weighted by Gasteiger charge is 2.26. The summed E-state index contributed by atoms with van der Waals surface area (Å²) in [6, 6.07) is 6.32. The van der Waals surface area contributed by atoms with Gasteiger partial charge in [-0.25, -0.2) is 15.0 Å². The second-order valence-electron chi connectivity index (χ2n) is 7.95. The van der Waals surface area contributed by atoms with Crippen molar-refractivity contribution in [1.82, 2.24) is 29.7 Å². The molecule has 8 nitrogen and oxygen atoms in total. The summed E-state index contributed by atoms with van der Waals surface area (Å²) in [4.78, 5) is 20.2. The number of hydrogen-bond acceptors (Lipinski definition) is 7. The van der Waals surface area contributed by atoms with Crippen molar-refractivity contribution in [3.05, 3.63) is 42.2 Å². The van der Waals surface area contributed by atoms with Gasteiger partial charge in [0.2, 0.25) is 0 Å². The van der Waals surface area contributed by atoms with Gasteiger partial charge in [0.25, 0.3) is 0 Å². The number of ether oxygens (including phenoxy) is 1. The maximum atomic E-state index is 5.70. The van der Waals surface area contributed by atoms with E-state index in [-0.39, 0.29) is 6.04 Å². The van der Waals surface area contributed by atoms with Gasteiger partial charge in [-0.2, -0.15) is 5.10 Å². The minimum Gasteiger partial charge on any atom is -0.377 e. The van der Waals surface area contributed by atoms with Crippen molar-refractivity contribution in [2.45, 2.75) is 26.4 Å². The molecule has 162 valence electrons. The minimum atomic E-state index is 0.242. The van der Waals surface area contributed by atoms with Crippen LogP contribution in [-0.2, 0) is 11.3 Å². The van der Waals surface area contributed by atoms with E-state index in [1.807, 2.05) is 29.2 Å². The topological polar surface area (TPSA) is 84.8 Å². The van der Waals surface area contributed by atoms with E-state index in [2.05, 4.69) is 45.3 Å². The molecule has 1 atom stereocenters. The lowest BCUT2D eigenvalue weighted by molar-refractivity contribution is 0.0987. The van der Waals surface area contributed by atoms with Crippen molar-refractivity contribution >= 4 is 38.4 Å². The third-order valence-corrected chi connectivity index (χ3v) is 7.00. The van der Waals surface area contributed by atoms with E-state index in [9.17, 15) is 0 Å². The summed E-state index contributed by atoms with van der Waals surface area (Å²) in [7, 11) is 0. The molecule has 0 radical (unpaired) electrons. The fraction of sp³-hybridized carbons (Fsp3) is 0.304.